The smallest absolute Gasteiger partial charge is 0.133 e. The van der Waals surface area contributed by atoms with Crippen LogP contribution in [0.1, 0.15) is 26.3 Å². The Kier molecular flexibility index (Phi) is 4.21. The Balaban J connectivity index is 1.56. The first-order valence-electron chi connectivity index (χ1n) is 10.7. The maximum atomic E-state index is 5.50. The third-order valence-electron chi connectivity index (χ3n) is 5.99. The molecule has 0 saturated carbocycles. The highest BCUT2D eigenvalue weighted by Crippen LogP contribution is 2.40. The largest absolute Gasteiger partial charge is 0.464 e. The molecule has 3 heterocycles. The van der Waals surface area contributed by atoms with Crippen LogP contribution in [0.5, 0.6) is 0 Å². The molecule has 0 bridgehead atoms. The van der Waals surface area contributed by atoms with E-state index < -0.39 is 0 Å². The minimum absolute atomic E-state index is 0.0301. The molecule has 3 aromatic carbocycles. The molecule has 3 nitrogen and oxygen atoms in total. The Morgan fingerprint density at radius 3 is 2.53 bits per heavy atom. The van der Waals surface area contributed by atoms with Crippen LogP contribution in [0.2, 0.25) is 0 Å². The Morgan fingerprint density at radius 1 is 0.812 bits per heavy atom. The van der Waals surface area contributed by atoms with Crippen LogP contribution in [0.3, 0.4) is 0 Å². The number of nitrogens with zero attached hydrogens (tertiary/aromatic N) is 2. The van der Waals surface area contributed by atoms with Gasteiger partial charge in [-0.1, -0.05) is 45.0 Å². The second-order valence-corrected chi connectivity index (χ2v) is 10.3. The summed E-state index contributed by atoms with van der Waals surface area (Å²) < 4.78 is 6.62. The molecule has 0 N–H and O–H groups in total. The summed E-state index contributed by atoms with van der Waals surface area (Å²) >= 11 is 1.75. The first-order chi connectivity index (χ1) is 15.5. The van der Waals surface area contributed by atoms with Crippen LogP contribution < -0.4 is 0 Å². The molecule has 6 aromatic rings. The van der Waals surface area contributed by atoms with Crippen LogP contribution in [0.4, 0.5) is 0 Å². The predicted octanol–water partition coefficient (Wildman–Crippen LogP) is 8.22. The average Bonchev–Trinajstić information content (AvgIpc) is 3.43. The maximum Gasteiger partial charge on any atom is 0.133 e. The first-order valence-corrected chi connectivity index (χ1v) is 11.5. The summed E-state index contributed by atoms with van der Waals surface area (Å²) in [5, 5.41) is 3.65. The van der Waals surface area contributed by atoms with Crippen molar-refractivity contribution in [2.45, 2.75) is 26.2 Å². The zero-order chi connectivity index (χ0) is 21.9. The Hall–Kier alpha value is -3.50. The molecule has 4 heteroatoms. The molecule has 6 rings (SSSR count). The van der Waals surface area contributed by atoms with Crippen molar-refractivity contribution in [1.82, 2.24) is 9.97 Å². The predicted molar refractivity (Wildman–Crippen MR) is 134 cm³/mol. The Bertz CT molecular complexity index is 1620. The lowest BCUT2D eigenvalue weighted by Crippen LogP contribution is -2.12. The van der Waals surface area contributed by atoms with E-state index in [1.807, 2.05) is 12.1 Å². The van der Waals surface area contributed by atoms with E-state index >= 15 is 0 Å². The van der Waals surface area contributed by atoms with Gasteiger partial charge in [-0.05, 0) is 69.8 Å². The second-order valence-electron chi connectivity index (χ2n) is 9.22. The third kappa shape index (κ3) is 3.10. The average molecular weight is 435 g/mol. The van der Waals surface area contributed by atoms with E-state index in [1.54, 1.807) is 23.9 Å². The molecule has 0 fully saturated rings. The van der Waals surface area contributed by atoms with Crippen LogP contribution in [0, 0.1) is 0 Å². The molecule has 0 spiro atoms. The third-order valence-corrected chi connectivity index (χ3v) is 7.17. The fraction of sp³-hybridized carbons (Fsp3) is 0.143. The quantitative estimate of drug-likeness (QED) is 0.275. The maximum absolute atomic E-state index is 5.50. The number of furan rings is 1. The summed E-state index contributed by atoms with van der Waals surface area (Å²) in [5.74, 6) is 0. The molecule has 0 atom stereocenters. The number of rotatable bonds is 2. The lowest BCUT2D eigenvalue weighted by atomic mass is 9.82. The van der Waals surface area contributed by atoms with Gasteiger partial charge in [-0.3, -0.25) is 0 Å². The molecule has 0 saturated heterocycles. The monoisotopic (exact) mass is 434 g/mol. The van der Waals surface area contributed by atoms with Gasteiger partial charge in [-0.25, -0.2) is 9.97 Å². The molecular formula is C28H22N2OS. The van der Waals surface area contributed by atoms with Gasteiger partial charge in [0, 0.05) is 15.8 Å². The Morgan fingerprint density at radius 2 is 1.66 bits per heavy atom. The normalized spacial score (nSPS) is 12.2. The van der Waals surface area contributed by atoms with Gasteiger partial charge in [0.15, 0.2) is 0 Å². The van der Waals surface area contributed by atoms with Gasteiger partial charge in [-0.2, -0.15) is 0 Å². The van der Waals surface area contributed by atoms with Crippen molar-refractivity contribution in [2.24, 2.45) is 0 Å². The number of thiophene rings is 1. The standard InChI is InChI=1S/C28H22N2OS/c1-28(2,3)22-14-20(12-17-6-4-5-7-21(17)22)26-27-23(29-16-30-26)15-25(32-27)19-8-9-24-18(13-19)10-11-31-24/h4-16H,1-3H3. The van der Waals surface area contributed by atoms with E-state index in [-0.39, 0.29) is 5.41 Å². The minimum Gasteiger partial charge on any atom is -0.464 e. The van der Waals surface area contributed by atoms with Gasteiger partial charge < -0.3 is 4.42 Å². The van der Waals surface area contributed by atoms with Gasteiger partial charge in [0.05, 0.1) is 22.2 Å². The van der Waals surface area contributed by atoms with Crippen LogP contribution in [-0.4, -0.2) is 9.97 Å². The summed E-state index contributed by atoms with van der Waals surface area (Å²) in [4.78, 5) is 10.5. The highest BCUT2D eigenvalue weighted by Gasteiger charge is 2.20. The van der Waals surface area contributed by atoms with Gasteiger partial charge in [0.2, 0.25) is 0 Å². The minimum atomic E-state index is 0.0301. The molecular weight excluding hydrogens is 412 g/mol. The van der Waals surface area contributed by atoms with Crippen LogP contribution >= 0.6 is 11.3 Å². The summed E-state index contributed by atoms with van der Waals surface area (Å²) in [6.07, 6.45) is 3.41. The Labute approximate surface area is 190 Å². The van der Waals surface area contributed by atoms with E-state index in [0.717, 1.165) is 32.4 Å². The topological polar surface area (TPSA) is 38.9 Å². The molecule has 0 radical (unpaired) electrons. The van der Waals surface area contributed by atoms with Gasteiger partial charge in [-0.15, -0.1) is 11.3 Å². The lowest BCUT2D eigenvalue weighted by molar-refractivity contribution is 0.596. The highest BCUT2D eigenvalue weighted by atomic mass is 32.1. The zero-order valence-electron chi connectivity index (χ0n) is 18.2. The van der Waals surface area contributed by atoms with Gasteiger partial charge in [0.25, 0.3) is 0 Å². The van der Waals surface area contributed by atoms with E-state index in [9.17, 15) is 0 Å². The van der Waals surface area contributed by atoms with E-state index in [2.05, 4.69) is 80.4 Å². The van der Waals surface area contributed by atoms with E-state index in [0.29, 0.717) is 0 Å². The lowest BCUT2D eigenvalue weighted by Gasteiger charge is -2.22. The number of benzene rings is 3. The van der Waals surface area contributed by atoms with Gasteiger partial charge >= 0.3 is 0 Å². The van der Waals surface area contributed by atoms with Crippen LogP contribution in [0.25, 0.3) is 53.7 Å². The summed E-state index contributed by atoms with van der Waals surface area (Å²) in [6, 6.07) is 23.6. The number of hydrogen-bond acceptors (Lipinski definition) is 4. The summed E-state index contributed by atoms with van der Waals surface area (Å²) in [5.41, 5.74) is 6.55. The zero-order valence-corrected chi connectivity index (χ0v) is 19.0. The fourth-order valence-electron chi connectivity index (χ4n) is 4.39. The van der Waals surface area contributed by atoms with Crippen LogP contribution in [-0.2, 0) is 5.41 Å². The highest BCUT2D eigenvalue weighted by molar-refractivity contribution is 7.22. The molecule has 0 unspecified atom stereocenters. The van der Waals surface area contributed by atoms with Gasteiger partial charge in [0.1, 0.15) is 11.9 Å². The molecule has 3 aromatic heterocycles. The van der Waals surface area contributed by atoms with Crippen LogP contribution in [0.15, 0.2) is 83.7 Å². The number of aromatic nitrogens is 2. The molecule has 0 aliphatic carbocycles. The van der Waals surface area contributed by atoms with E-state index in [1.165, 1.54) is 26.8 Å². The molecule has 32 heavy (non-hydrogen) atoms. The van der Waals surface area contributed by atoms with Crippen molar-refractivity contribution in [3.8, 4) is 21.7 Å². The molecule has 156 valence electrons. The summed E-state index contributed by atoms with van der Waals surface area (Å²) in [7, 11) is 0. The van der Waals surface area contributed by atoms with Crippen molar-refractivity contribution in [3.05, 3.63) is 84.9 Å². The number of fused-ring (bicyclic) bond motifs is 3. The number of hydrogen-bond donors (Lipinski definition) is 0. The molecule has 0 amide bonds. The van der Waals surface area contributed by atoms with Crippen molar-refractivity contribution in [1.29, 1.82) is 0 Å². The van der Waals surface area contributed by atoms with Crippen molar-refractivity contribution in [2.75, 3.05) is 0 Å². The first kappa shape index (κ1) is 19.2. The SMILES string of the molecule is CC(C)(C)c1cc(-c2ncnc3cc(-c4ccc5occc5c4)sc23)cc2ccccc12. The second kappa shape index (κ2) is 7.01. The molecule has 0 aliphatic rings. The molecule has 0 aliphatic heterocycles. The fourth-order valence-corrected chi connectivity index (χ4v) is 5.51. The van der Waals surface area contributed by atoms with Crippen molar-refractivity contribution < 1.29 is 4.42 Å². The van der Waals surface area contributed by atoms with Crippen molar-refractivity contribution in [3.63, 3.8) is 0 Å². The summed E-state index contributed by atoms with van der Waals surface area (Å²) in [6.45, 7) is 6.80. The van der Waals surface area contributed by atoms with Crippen molar-refractivity contribution >= 4 is 43.3 Å². The van der Waals surface area contributed by atoms with E-state index in [4.69, 9.17) is 9.40 Å².